The second kappa shape index (κ2) is 9.65. The molecule has 6 rings (SSSR count). The molecule has 200 valence electrons. The fraction of sp³-hybridized carbons (Fsp3) is 0.222. The van der Waals surface area contributed by atoms with Crippen LogP contribution >= 0.6 is 34.7 Å². The topological polar surface area (TPSA) is 103 Å². The summed E-state index contributed by atoms with van der Waals surface area (Å²) in [5, 5.41) is 1.78. The molecule has 2 aromatic carbocycles. The van der Waals surface area contributed by atoms with Gasteiger partial charge in [-0.1, -0.05) is 35.5 Å². The lowest BCUT2D eigenvalue weighted by Gasteiger charge is -2.30. The van der Waals surface area contributed by atoms with Crippen LogP contribution in [0.5, 0.6) is 5.75 Å². The third kappa shape index (κ3) is 3.94. The summed E-state index contributed by atoms with van der Waals surface area (Å²) >= 11 is 9.37. The average Bonchev–Trinajstić information content (AvgIpc) is 3.11. The number of thiophene rings is 1. The molecule has 1 atom stereocenters. The molecular weight excluding hydrogens is 562 g/mol. The average molecular weight is 585 g/mol. The van der Waals surface area contributed by atoms with E-state index in [9.17, 15) is 4.39 Å². The number of fused-ring (bicyclic) bond motifs is 1. The number of hydrogen-bond donors (Lipinski definition) is 2. The molecule has 0 radical (unpaired) electrons. The Kier molecular flexibility index (Phi) is 6.40. The molecule has 0 fully saturated rings. The van der Waals surface area contributed by atoms with E-state index in [0.717, 1.165) is 16.9 Å². The number of hydrogen-bond acceptors (Lipinski definition) is 9. The van der Waals surface area contributed by atoms with Crippen molar-refractivity contribution < 1.29 is 13.5 Å². The highest BCUT2D eigenvalue weighted by atomic mass is 35.5. The molecule has 3 aromatic heterocycles. The summed E-state index contributed by atoms with van der Waals surface area (Å²) in [6.07, 6.45) is 3.46. The third-order valence-electron chi connectivity index (χ3n) is 7.10. The van der Waals surface area contributed by atoms with Gasteiger partial charge in [-0.15, -0.1) is 11.3 Å². The molecular formula is C27H23ClF2N6OS2. The lowest BCUT2D eigenvalue weighted by atomic mass is 9.96. The maximum Gasteiger partial charge on any atom is 0.189 e. The van der Waals surface area contributed by atoms with Gasteiger partial charge in [0.2, 0.25) is 0 Å². The summed E-state index contributed by atoms with van der Waals surface area (Å²) in [5.41, 5.74) is 14.4. The Labute approximate surface area is 236 Å². The minimum atomic E-state index is -0.645. The molecule has 0 bridgehead atoms. The van der Waals surface area contributed by atoms with Crippen LogP contribution in [0.3, 0.4) is 0 Å². The molecule has 5 aromatic rings. The van der Waals surface area contributed by atoms with E-state index in [1.54, 1.807) is 13.1 Å². The highest BCUT2D eigenvalue weighted by Gasteiger charge is 2.33. The highest BCUT2D eigenvalue weighted by molar-refractivity contribution is 7.98. The summed E-state index contributed by atoms with van der Waals surface area (Å²) < 4.78 is 37.9. The number of thioether (sulfide) groups is 1. The number of benzene rings is 2. The number of nitrogens with two attached hydrogens (primary N) is 2. The second-order valence-corrected chi connectivity index (χ2v) is 11.4. The van der Waals surface area contributed by atoms with Crippen molar-refractivity contribution in [3.63, 3.8) is 0 Å². The minimum Gasteiger partial charge on any atom is -0.489 e. The van der Waals surface area contributed by atoms with E-state index in [1.807, 2.05) is 30.2 Å². The van der Waals surface area contributed by atoms with E-state index in [1.165, 1.54) is 23.9 Å². The van der Waals surface area contributed by atoms with Crippen LogP contribution in [0.1, 0.15) is 24.1 Å². The predicted octanol–water partition coefficient (Wildman–Crippen LogP) is 6.99. The highest BCUT2D eigenvalue weighted by Crippen LogP contribution is 2.51. The van der Waals surface area contributed by atoms with Crippen LogP contribution in [0.25, 0.3) is 32.1 Å². The summed E-state index contributed by atoms with van der Waals surface area (Å²) in [6.45, 7) is 4.44. The molecule has 0 aliphatic carbocycles. The zero-order valence-electron chi connectivity index (χ0n) is 21.2. The van der Waals surface area contributed by atoms with Crippen molar-refractivity contribution in [3.8, 4) is 16.9 Å². The fourth-order valence-corrected chi connectivity index (χ4v) is 6.83. The summed E-state index contributed by atoms with van der Waals surface area (Å²) in [4.78, 5) is 15.6. The first-order valence-corrected chi connectivity index (χ1v) is 14.5. The molecule has 7 nitrogen and oxygen atoms in total. The van der Waals surface area contributed by atoms with Crippen molar-refractivity contribution in [2.24, 2.45) is 0 Å². The van der Waals surface area contributed by atoms with Gasteiger partial charge in [0.1, 0.15) is 29.6 Å². The Morgan fingerprint density at radius 2 is 1.97 bits per heavy atom. The number of nitrogens with zero attached hydrogens (tertiary/aromatic N) is 4. The van der Waals surface area contributed by atoms with Crippen LogP contribution < -0.4 is 21.1 Å². The zero-order chi connectivity index (χ0) is 27.6. The van der Waals surface area contributed by atoms with Crippen LogP contribution in [0.15, 0.2) is 35.6 Å². The van der Waals surface area contributed by atoms with Gasteiger partial charge < -0.3 is 21.1 Å². The molecule has 0 saturated heterocycles. The lowest BCUT2D eigenvalue weighted by Crippen LogP contribution is -2.31. The van der Waals surface area contributed by atoms with Crippen molar-refractivity contribution in [2.75, 3.05) is 35.8 Å². The van der Waals surface area contributed by atoms with Crippen LogP contribution in [0.2, 0.25) is 5.02 Å². The van der Waals surface area contributed by atoms with Gasteiger partial charge >= 0.3 is 0 Å². The van der Waals surface area contributed by atoms with Crippen LogP contribution in [-0.2, 0) is 0 Å². The molecule has 4 heterocycles. The molecule has 1 aliphatic rings. The van der Waals surface area contributed by atoms with Gasteiger partial charge in [-0.25, -0.2) is 23.7 Å². The Balaban J connectivity index is 1.67. The smallest absolute Gasteiger partial charge is 0.189 e. The molecule has 0 unspecified atom stereocenters. The largest absolute Gasteiger partial charge is 0.489 e. The monoisotopic (exact) mass is 584 g/mol. The van der Waals surface area contributed by atoms with Gasteiger partial charge in [0.05, 0.1) is 32.7 Å². The van der Waals surface area contributed by atoms with E-state index in [0.29, 0.717) is 54.9 Å². The Morgan fingerprint density at radius 3 is 2.72 bits per heavy atom. The number of pyridine rings is 1. The van der Waals surface area contributed by atoms with E-state index in [4.69, 9.17) is 32.8 Å². The molecule has 0 amide bonds. The van der Waals surface area contributed by atoms with E-state index in [-0.39, 0.29) is 34.5 Å². The second-order valence-electron chi connectivity index (χ2n) is 9.18. The number of ether oxygens (including phenoxy) is 1. The van der Waals surface area contributed by atoms with Gasteiger partial charge in [-0.2, -0.15) is 0 Å². The number of rotatable bonds is 4. The first-order chi connectivity index (χ1) is 18.7. The Bertz CT molecular complexity index is 1800. The van der Waals surface area contributed by atoms with Gasteiger partial charge in [-0.3, -0.25) is 0 Å². The van der Waals surface area contributed by atoms with Gasteiger partial charge in [0, 0.05) is 22.7 Å². The van der Waals surface area contributed by atoms with Gasteiger partial charge in [-0.05, 0) is 43.4 Å². The number of aryl methyl sites for hydroxylation is 1. The van der Waals surface area contributed by atoms with E-state index in [2.05, 4.69) is 9.97 Å². The number of halogens is 3. The number of aromatic nitrogens is 3. The molecule has 0 saturated carbocycles. The normalized spacial score (nSPS) is 14.1. The quantitative estimate of drug-likeness (QED) is 0.172. The minimum absolute atomic E-state index is 0.0641. The number of nitrogen functional groups attached to an aromatic ring is 2. The molecule has 1 aliphatic heterocycles. The van der Waals surface area contributed by atoms with E-state index >= 15 is 4.39 Å². The standard InChI is InChI=1S/C27H23ClF2N6OS2/c1-11-16-14(6-7-15(29)23(16)39-25(11)32)17-19(28)22-18-21(20(17)30)34-27(38-3)35-26(18)36(9-10-37-22)12(2)13-5-4-8-33-24(13)31/h4-8,12H,9-10,32H2,1-3H3,(H2,31,33)/t12-/m1/s1. The zero-order valence-corrected chi connectivity index (χ0v) is 23.6. The Hall–Kier alpha value is -3.41. The SMILES string of the molecule is CSc1nc2c3c(c(Cl)c(-c4ccc(F)c5sc(N)c(C)c45)c(F)c3n1)OCCN2[C@H](C)c1cccnc1N. The molecule has 12 heteroatoms. The lowest BCUT2D eigenvalue weighted by molar-refractivity contribution is 0.328. The summed E-state index contributed by atoms with van der Waals surface area (Å²) in [6, 6.07) is 6.28. The van der Waals surface area contributed by atoms with Crippen molar-refractivity contribution in [2.45, 2.75) is 25.0 Å². The maximum absolute atomic E-state index is 16.7. The van der Waals surface area contributed by atoms with E-state index < -0.39 is 11.6 Å². The molecule has 39 heavy (non-hydrogen) atoms. The molecule has 0 spiro atoms. The van der Waals surface area contributed by atoms with Crippen molar-refractivity contribution in [3.05, 3.63) is 58.2 Å². The van der Waals surface area contributed by atoms with Crippen molar-refractivity contribution in [1.82, 2.24) is 15.0 Å². The first-order valence-electron chi connectivity index (χ1n) is 12.1. The van der Waals surface area contributed by atoms with Crippen molar-refractivity contribution in [1.29, 1.82) is 0 Å². The van der Waals surface area contributed by atoms with Gasteiger partial charge in [0.15, 0.2) is 16.7 Å². The molecule has 4 N–H and O–H groups in total. The van der Waals surface area contributed by atoms with Crippen LogP contribution in [0, 0.1) is 18.6 Å². The maximum atomic E-state index is 16.7. The summed E-state index contributed by atoms with van der Waals surface area (Å²) in [7, 11) is 0. The third-order valence-corrected chi connectivity index (χ3v) is 9.14. The van der Waals surface area contributed by atoms with Gasteiger partial charge in [0.25, 0.3) is 0 Å². The Morgan fingerprint density at radius 1 is 1.18 bits per heavy atom. The predicted molar refractivity (Wildman–Crippen MR) is 156 cm³/mol. The summed E-state index contributed by atoms with van der Waals surface area (Å²) in [5.74, 6) is 0.0850. The first kappa shape index (κ1) is 25.8. The fourth-order valence-electron chi connectivity index (χ4n) is 5.13. The van der Waals surface area contributed by atoms with Crippen LogP contribution in [-0.4, -0.2) is 34.4 Å². The van der Waals surface area contributed by atoms with Crippen LogP contribution in [0.4, 0.5) is 25.4 Å². The van der Waals surface area contributed by atoms with Crippen molar-refractivity contribution >= 4 is 72.3 Å². The number of anilines is 3.